The van der Waals surface area contributed by atoms with Gasteiger partial charge in [-0.25, -0.2) is 0 Å². The van der Waals surface area contributed by atoms with Crippen LogP contribution in [0.4, 0.5) is 0 Å². The number of rotatable bonds is 6. The summed E-state index contributed by atoms with van der Waals surface area (Å²) in [6.45, 7) is 10.1. The first-order chi connectivity index (χ1) is 9.40. The minimum absolute atomic E-state index is 0.153. The summed E-state index contributed by atoms with van der Waals surface area (Å²) in [4.78, 5) is 14.1. The van der Waals surface area contributed by atoms with Crippen LogP contribution < -0.4 is 0 Å². The van der Waals surface area contributed by atoms with Crippen molar-refractivity contribution in [1.82, 2.24) is 4.90 Å². The third-order valence-electron chi connectivity index (χ3n) is 5.96. The number of nitrogens with zero attached hydrogens (tertiary/aromatic N) is 1. The van der Waals surface area contributed by atoms with Gasteiger partial charge in [0.15, 0.2) is 0 Å². The van der Waals surface area contributed by atoms with Crippen LogP contribution in [0.2, 0.25) is 0 Å². The Labute approximate surface area is 123 Å². The van der Waals surface area contributed by atoms with E-state index in [0.717, 1.165) is 25.8 Å². The largest absolute Gasteiger partial charge is 0.481 e. The van der Waals surface area contributed by atoms with Gasteiger partial charge in [-0.3, -0.25) is 9.69 Å². The average molecular weight is 281 g/mol. The lowest BCUT2D eigenvalue weighted by Gasteiger charge is -2.45. The predicted octanol–water partition coefficient (Wildman–Crippen LogP) is 3.78. The lowest BCUT2D eigenvalue weighted by molar-refractivity contribution is -0.147. The summed E-state index contributed by atoms with van der Waals surface area (Å²) < 4.78 is 0. The summed E-state index contributed by atoms with van der Waals surface area (Å²) in [7, 11) is 0. The van der Waals surface area contributed by atoms with Gasteiger partial charge in [0, 0.05) is 12.1 Å². The fourth-order valence-electron chi connectivity index (χ4n) is 3.97. The Bertz CT molecular complexity index is 349. The second-order valence-corrected chi connectivity index (χ2v) is 7.43. The van der Waals surface area contributed by atoms with Crippen LogP contribution in [0.25, 0.3) is 0 Å². The average Bonchev–Trinajstić information content (AvgIpc) is 3.24. The van der Waals surface area contributed by atoms with E-state index in [4.69, 9.17) is 0 Å². The van der Waals surface area contributed by atoms with Crippen molar-refractivity contribution in [3.63, 3.8) is 0 Å². The summed E-state index contributed by atoms with van der Waals surface area (Å²) in [6.07, 6.45) is 6.71. The number of carboxylic acid groups (broad SMARTS) is 1. The number of hydrogen-bond donors (Lipinski definition) is 1. The van der Waals surface area contributed by atoms with Crippen molar-refractivity contribution in [3.05, 3.63) is 0 Å². The van der Waals surface area contributed by atoms with Crippen molar-refractivity contribution >= 4 is 5.97 Å². The maximum atomic E-state index is 11.6. The SMILES string of the molecule is CCN(C1CC1)C1CC(C(C)(C)CC)CCC1C(=O)O. The molecule has 3 heteroatoms. The molecule has 3 nitrogen and oxygen atoms in total. The Balaban J connectivity index is 2.15. The zero-order valence-electron chi connectivity index (χ0n) is 13.6. The predicted molar refractivity (Wildman–Crippen MR) is 81.7 cm³/mol. The van der Waals surface area contributed by atoms with Gasteiger partial charge in [-0.1, -0.05) is 34.1 Å². The lowest BCUT2D eigenvalue weighted by Crippen LogP contribution is -2.50. The molecule has 2 saturated carbocycles. The zero-order chi connectivity index (χ0) is 14.9. The molecule has 20 heavy (non-hydrogen) atoms. The minimum Gasteiger partial charge on any atom is -0.481 e. The molecule has 0 aromatic rings. The molecule has 0 radical (unpaired) electrons. The molecular formula is C17H31NO2. The molecule has 2 aliphatic carbocycles. The summed E-state index contributed by atoms with van der Waals surface area (Å²) >= 11 is 0. The molecule has 2 aliphatic rings. The Morgan fingerprint density at radius 1 is 1.20 bits per heavy atom. The highest BCUT2D eigenvalue weighted by molar-refractivity contribution is 5.71. The van der Waals surface area contributed by atoms with E-state index < -0.39 is 5.97 Å². The molecule has 0 amide bonds. The number of aliphatic carboxylic acids is 1. The summed E-state index contributed by atoms with van der Waals surface area (Å²) in [5, 5.41) is 9.57. The van der Waals surface area contributed by atoms with Crippen LogP contribution in [0, 0.1) is 17.3 Å². The maximum absolute atomic E-state index is 11.6. The highest BCUT2D eigenvalue weighted by Crippen LogP contribution is 2.45. The third kappa shape index (κ3) is 3.19. The van der Waals surface area contributed by atoms with E-state index in [0.29, 0.717) is 17.4 Å². The van der Waals surface area contributed by atoms with E-state index in [2.05, 4.69) is 32.6 Å². The van der Waals surface area contributed by atoms with E-state index in [-0.39, 0.29) is 12.0 Å². The standard InChI is InChI=1S/C17H31NO2/c1-5-17(3,4)12-7-10-14(16(19)20)15(11-12)18(6-2)13-8-9-13/h12-15H,5-11H2,1-4H3,(H,19,20). The van der Waals surface area contributed by atoms with Gasteiger partial charge in [0.25, 0.3) is 0 Å². The molecule has 3 atom stereocenters. The van der Waals surface area contributed by atoms with E-state index in [1.54, 1.807) is 0 Å². The van der Waals surface area contributed by atoms with Crippen LogP contribution in [-0.4, -0.2) is 34.6 Å². The van der Waals surface area contributed by atoms with Crippen molar-refractivity contribution in [3.8, 4) is 0 Å². The summed E-state index contributed by atoms with van der Waals surface area (Å²) in [6, 6.07) is 0.921. The minimum atomic E-state index is -0.582. The van der Waals surface area contributed by atoms with Gasteiger partial charge in [0.1, 0.15) is 0 Å². The molecule has 0 saturated heterocycles. The Kier molecular flexibility index (Phi) is 4.78. The normalized spacial score (nSPS) is 31.6. The molecule has 0 heterocycles. The van der Waals surface area contributed by atoms with Crippen molar-refractivity contribution in [1.29, 1.82) is 0 Å². The zero-order valence-corrected chi connectivity index (χ0v) is 13.6. The number of carboxylic acids is 1. The second-order valence-electron chi connectivity index (χ2n) is 7.43. The van der Waals surface area contributed by atoms with Crippen molar-refractivity contribution in [2.24, 2.45) is 17.3 Å². The first-order valence-electron chi connectivity index (χ1n) is 8.39. The Morgan fingerprint density at radius 2 is 1.85 bits per heavy atom. The molecule has 3 unspecified atom stereocenters. The van der Waals surface area contributed by atoms with Gasteiger partial charge in [0.05, 0.1) is 5.92 Å². The number of hydrogen-bond acceptors (Lipinski definition) is 2. The van der Waals surface area contributed by atoms with Crippen LogP contribution in [0.3, 0.4) is 0 Å². The quantitative estimate of drug-likeness (QED) is 0.805. The molecule has 0 aromatic carbocycles. The molecule has 0 aliphatic heterocycles. The highest BCUT2D eigenvalue weighted by Gasteiger charge is 2.45. The molecule has 0 spiro atoms. The van der Waals surface area contributed by atoms with Crippen molar-refractivity contribution < 1.29 is 9.90 Å². The fraction of sp³-hybridized carbons (Fsp3) is 0.941. The van der Waals surface area contributed by atoms with Crippen LogP contribution in [-0.2, 0) is 4.79 Å². The Hall–Kier alpha value is -0.570. The molecule has 1 N–H and O–H groups in total. The van der Waals surface area contributed by atoms with E-state index in [1.165, 1.54) is 19.3 Å². The van der Waals surface area contributed by atoms with E-state index >= 15 is 0 Å². The fourth-order valence-corrected chi connectivity index (χ4v) is 3.97. The lowest BCUT2D eigenvalue weighted by atomic mass is 9.65. The Morgan fingerprint density at radius 3 is 2.30 bits per heavy atom. The summed E-state index contributed by atoms with van der Waals surface area (Å²) in [5.74, 6) is -0.0674. The first-order valence-corrected chi connectivity index (χ1v) is 8.39. The summed E-state index contributed by atoms with van der Waals surface area (Å²) in [5.41, 5.74) is 0.338. The van der Waals surface area contributed by atoms with Crippen LogP contribution in [0.5, 0.6) is 0 Å². The van der Waals surface area contributed by atoms with Crippen LogP contribution in [0.15, 0.2) is 0 Å². The highest BCUT2D eigenvalue weighted by atomic mass is 16.4. The smallest absolute Gasteiger partial charge is 0.308 e. The molecular weight excluding hydrogens is 250 g/mol. The second kappa shape index (κ2) is 6.05. The first kappa shape index (κ1) is 15.8. The van der Waals surface area contributed by atoms with Gasteiger partial charge < -0.3 is 5.11 Å². The third-order valence-corrected chi connectivity index (χ3v) is 5.96. The van der Waals surface area contributed by atoms with Crippen LogP contribution >= 0.6 is 0 Å². The molecule has 116 valence electrons. The monoisotopic (exact) mass is 281 g/mol. The molecule has 2 rings (SSSR count). The maximum Gasteiger partial charge on any atom is 0.308 e. The van der Waals surface area contributed by atoms with Gasteiger partial charge in [-0.2, -0.15) is 0 Å². The topological polar surface area (TPSA) is 40.5 Å². The van der Waals surface area contributed by atoms with Crippen LogP contribution in [0.1, 0.15) is 66.2 Å². The number of carbonyl (C=O) groups is 1. The van der Waals surface area contributed by atoms with Gasteiger partial charge in [0.2, 0.25) is 0 Å². The molecule has 0 aromatic heterocycles. The van der Waals surface area contributed by atoms with Gasteiger partial charge >= 0.3 is 5.97 Å². The van der Waals surface area contributed by atoms with Gasteiger partial charge in [-0.15, -0.1) is 0 Å². The van der Waals surface area contributed by atoms with Crippen molar-refractivity contribution in [2.75, 3.05) is 6.54 Å². The van der Waals surface area contributed by atoms with Crippen molar-refractivity contribution in [2.45, 2.75) is 78.3 Å². The van der Waals surface area contributed by atoms with E-state index in [9.17, 15) is 9.90 Å². The molecule has 2 fully saturated rings. The molecule has 0 bridgehead atoms. The van der Waals surface area contributed by atoms with Gasteiger partial charge in [-0.05, 0) is 50.0 Å². The van der Waals surface area contributed by atoms with E-state index in [1.807, 2.05) is 0 Å².